The number of rotatable bonds is 7. The topological polar surface area (TPSA) is 98.7 Å². The molecule has 6 nitrogen and oxygen atoms in total. The largest absolute Gasteiger partial charge is 0.479 e. The summed E-state index contributed by atoms with van der Waals surface area (Å²) in [5.41, 5.74) is 0. The fourth-order valence-corrected chi connectivity index (χ4v) is 0.739. The highest BCUT2D eigenvalue weighted by Crippen LogP contribution is 1.79. The maximum atomic E-state index is 11.0. The standard InChI is InChI=1S/C8H16N2O4/c1-2-3-9-5-7(12)10-4-6(11)8(13)14/h6,9,11H,2-5H2,1H3,(H,10,12)(H,13,14)/t6-/m0/s1. The van der Waals surface area contributed by atoms with Gasteiger partial charge in [-0.3, -0.25) is 4.79 Å². The Bertz CT molecular complexity index is 196. The van der Waals surface area contributed by atoms with E-state index in [9.17, 15) is 9.59 Å². The Labute approximate surface area is 82.3 Å². The molecule has 4 N–H and O–H groups in total. The average Bonchev–Trinajstić information content (AvgIpc) is 2.14. The van der Waals surface area contributed by atoms with E-state index in [-0.39, 0.29) is 19.0 Å². The minimum atomic E-state index is -1.54. The second kappa shape index (κ2) is 7.28. The summed E-state index contributed by atoms with van der Waals surface area (Å²) in [5, 5.41) is 22.2. The number of hydrogen-bond donors (Lipinski definition) is 4. The average molecular weight is 204 g/mol. The third kappa shape index (κ3) is 6.38. The SMILES string of the molecule is CCCNCC(=O)NC[C@H](O)C(=O)O. The molecule has 0 radical (unpaired) electrons. The van der Waals surface area contributed by atoms with Crippen molar-refractivity contribution in [3.8, 4) is 0 Å². The van der Waals surface area contributed by atoms with E-state index in [2.05, 4.69) is 10.6 Å². The molecular formula is C8H16N2O4. The summed E-state index contributed by atoms with van der Waals surface area (Å²) in [6.45, 7) is 2.58. The quantitative estimate of drug-likeness (QED) is 0.380. The van der Waals surface area contributed by atoms with E-state index in [1.165, 1.54) is 0 Å². The Morgan fingerprint density at radius 1 is 1.43 bits per heavy atom. The van der Waals surface area contributed by atoms with Gasteiger partial charge in [0, 0.05) is 0 Å². The van der Waals surface area contributed by atoms with Crippen LogP contribution < -0.4 is 10.6 Å². The Balaban J connectivity index is 3.48. The molecule has 0 fully saturated rings. The van der Waals surface area contributed by atoms with E-state index in [0.29, 0.717) is 0 Å². The number of carbonyl (C=O) groups excluding carboxylic acids is 1. The van der Waals surface area contributed by atoms with Crippen LogP contribution in [0.1, 0.15) is 13.3 Å². The first kappa shape index (κ1) is 12.9. The Morgan fingerprint density at radius 3 is 2.57 bits per heavy atom. The second-order valence-electron chi connectivity index (χ2n) is 2.83. The van der Waals surface area contributed by atoms with Crippen LogP contribution in [-0.2, 0) is 9.59 Å². The van der Waals surface area contributed by atoms with Crippen molar-refractivity contribution in [3.63, 3.8) is 0 Å². The zero-order valence-electron chi connectivity index (χ0n) is 8.12. The van der Waals surface area contributed by atoms with E-state index < -0.39 is 12.1 Å². The van der Waals surface area contributed by atoms with Gasteiger partial charge in [-0.2, -0.15) is 0 Å². The third-order valence-electron chi connectivity index (χ3n) is 1.49. The lowest BCUT2D eigenvalue weighted by atomic mass is 10.3. The summed E-state index contributed by atoms with van der Waals surface area (Å²) >= 11 is 0. The predicted octanol–water partition coefficient (Wildman–Crippen LogP) is -1.45. The molecule has 0 heterocycles. The van der Waals surface area contributed by atoms with Crippen molar-refractivity contribution in [2.24, 2.45) is 0 Å². The van der Waals surface area contributed by atoms with Crippen LogP contribution in [-0.4, -0.2) is 47.8 Å². The molecule has 0 aromatic carbocycles. The molecule has 0 rings (SSSR count). The van der Waals surface area contributed by atoms with Crippen LogP contribution in [0, 0.1) is 0 Å². The van der Waals surface area contributed by atoms with E-state index in [0.717, 1.165) is 13.0 Å². The van der Waals surface area contributed by atoms with Gasteiger partial charge in [0.2, 0.25) is 5.91 Å². The molecule has 0 spiro atoms. The zero-order valence-corrected chi connectivity index (χ0v) is 8.12. The summed E-state index contributed by atoms with van der Waals surface area (Å²) in [6.07, 6.45) is -0.615. The van der Waals surface area contributed by atoms with Gasteiger partial charge in [0.05, 0.1) is 13.1 Å². The molecule has 0 aliphatic heterocycles. The van der Waals surface area contributed by atoms with E-state index in [1.807, 2.05) is 6.92 Å². The molecule has 0 aliphatic carbocycles. The van der Waals surface area contributed by atoms with Gasteiger partial charge in [-0.15, -0.1) is 0 Å². The third-order valence-corrected chi connectivity index (χ3v) is 1.49. The van der Waals surface area contributed by atoms with Crippen LogP contribution in [0.5, 0.6) is 0 Å². The van der Waals surface area contributed by atoms with Gasteiger partial charge in [0.1, 0.15) is 0 Å². The van der Waals surface area contributed by atoms with E-state index in [1.54, 1.807) is 0 Å². The van der Waals surface area contributed by atoms with Crippen LogP contribution >= 0.6 is 0 Å². The first-order valence-electron chi connectivity index (χ1n) is 4.46. The molecule has 1 atom stereocenters. The Kier molecular flexibility index (Phi) is 6.69. The summed E-state index contributed by atoms with van der Waals surface area (Å²) in [4.78, 5) is 21.1. The highest BCUT2D eigenvalue weighted by atomic mass is 16.4. The number of amides is 1. The summed E-state index contributed by atoms with van der Waals surface area (Å²) in [6, 6.07) is 0. The molecule has 0 saturated carbocycles. The summed E-state index contributed by atoms with van der Waals surface area (Å²) < 4.78 is 0. The summed E-state index contributed by atoms with van der Waals surface area (Å²) in [7, 11) is 0. The maximum absolute atomic E-state index is 11.0. The normalized spacial score (nSPS) is 12.1. The molecule has 82 valence electrons. The van der Waals surface area contributed by atoms with Crippen molar-refractivity contribution in [1.82, 2.24) is 10.6 Å². The van der Waals surface area contributed by atoms with Crippen molar-refractivity contribution >= 4 is 11.9 Å². The van der Waals surface area contributed by atoms with Gasteiger partial charge in [-0.1, -0.05) is 6.92 Å². The molecule has 0 saturated heterocycles. The van der Waals surface area contributed by atoms with Crippen molar-refractivity contribution in [2.75, 3.05) is 19.6 Å². The number of aliphatic carboxylic acids is 1. The predicted molar refractivity (Wildman–Crippen MR) is 49.8 cm³/mol. The second-order valence-corrected chi connectivity index (χ2v) is 2.83. The molecule has 0 aromatic heterocycles. The molecule has 6 heteroatoms. The molecule has 0 bridgehead atoms. The smallest absolute Gasteiger partial charge is 0.334 e. The van der Waals surface area contributed by atoms with Gasteiger partial charge < -0.3 is 20.8 Å². The molecule has 1 amide bonds. The van der Waals surface area contributed by atoms with Crippen LogP contribution in [0.4, 0.5) is 0 Å². The van der Waals surface area contributed by atoms with Crippen molar-refractivity contribution in [2.45, 2.75) is 19.4 Å². The van der Waals surface area contributed by atoms with Crippen LogP contribution in [0.25, 0.3) is 0 Å². The van der Waals surface area contributed by atoms with Gasteiger partial charge in [0.15, 0.2) is 6.10 Å². The number of carbonyl (C=O) groups is 2. The fraction of sp³-hybridized carbons (Fsp3) is 0.750. The molecule has 0 unspecified atom stereocenters. The van der Waals surface area contributed by atoms with Crippen molar-refractivity contribution < 1.29 is 19.8 Å². The Morgan fingerprint density at radius 2 is 2.07 bits per heavy atom. The van der Waals surface area contributed by atoms with Gasteiger partial charge >= 0.3 is 5.97 Å². The number of carboxylic acids is 1. The lowest BCUT2D eigenvalue weighted by Crippen LogP contribution is -2.40. The van der Waals surface area contributed by atoms with E-state index in [4.69, 9.17) is 10.2 Å². The van der Waals surface area contributed by atoms with Gasteiger partial charge in [-0.25, -0.2) is 4.79 Å². The maximum Gasteiger partial charge on any atom is 0.334 e. The van der Waals surface area contributed by atoms with Crippen LogP contribution in [0.2, 0.25) is 0 Å². The van der Waals surface area contributed by atoms with Crippen LogP contribution in [0.3, 0.4) is 0 Å². The lowest BCUT2D eigenvalue weighted by molar-refractivity contribution is -0.146. The first-order valence-corrected chi connectivity index (χ1v) is 4.46. The van der Waals surface area contributed by atoms with E-state index >= 15 is 0 Å². The van der Waals surface area contributed by atoms with Gasteiger partial charge in [-0.05, 0) is 13.0 Å². The fourth-order valence-electron chi connectivity index (χ4n) is 0.739. The van der Waals surface area contributed by atoms with Crippen molar-refractivity contribution in [1.29, 1.82) is 0 Å². The molecule has 0 aliphatic rings. The number of aliphatic hydroxyl groups excluding tert-OH is 1. The summed E-state index contributed by atoms with van der Waals surface area (Å²) in [5.74, 6) is -1.66. The minimum absolute atomic E-state index is 0.139. The lowest BCUT2D eigenvalue weighted by Gasteiger charge is -2.07. The molecule has 14 heavy (non-hydrogen) atoms. The monoisotopic (exact) mass is 204 g/mol. The highest BCUT2D eigenvalue weighted by Gasteiger charge is 2.13. The number of nitrogens with one attached hydrogen (secondary N) is 2. The first-order chi connectivity index (χ1) is 6.57. The van der Waals surface area contributed by atoms with Crippen LogP contribution in [0.15, 0.2) is 0 Å². The highest BCUT2D eigenvalue weighted by molar-refractivity contribution is 5.79. The zero-order chi connectivity index (χ0) is 11.0. The number of carboxylic acid groups (broad SMARTS) is 1. The van der Waals surface area contributed by atoms with Crippen molar-refractivity contribution in [3.05, 3.63) is 0 Å². The molecular weight excluding hydrogens is 188 g/mol. The van der Waals surface area contributed by atoms with Gasteiger partial charge in [0.25, 0.3) is 0 Å². The minimum Gasteiger partial charge on any atom is -0.479 e. The Hall–Kier alpha value is -1.14. The molecule has 0 aromatic rings. The number of aliphatic hydroxyl groups is 1. The number of hydrogen-bond acceptors (Lipinski definition) is 4.